The molecule has 0 aliphatic heterocycles. The summed E-state index contributed by atoms with van der Waals surface area (Å²) in [6.07, 6.45) is 2.64. The second-order valence-electron chi connectivity index (χ2n) is 6.65. The number of hydrogen-bond donors (Lipinski definition) is 2. The van der Waals surface area contributed by atoms with Crippen LogP contribution in [-0.2, 0) is 10.0 Å². The molecule has 0 saturated heterocycles. The molecule has 0 aliphatic carbocycles. The van der Waals surface area contributed by atoms with E-state index in [9.17, 15) is 22.0 Å². The fraction of sp³-hybridized carbons (Fsp3) is 0.0476. The number of rotatable bonds is 6. The highest BCUT2D eigenvalue weighted by Crippen LogP contribution is 2.29. The number of ether oxygens (including phenoxy) is 1. The van der Waals surface area contributed by atoms with E-state index in [1.165, 1.54) is 31.6 Å². The first-order chi connectivity index (χ1) is 15.2. The maximum Gasteiger partial charge on any atom is 0.262 e. The molecular formula is C21H14F3N3O4S. The van der Waals surface area contributed by atoms with Crippen LogP contribution in [0.1, 0.15) is 15.9 Å². The van der Waals surface area contributed by atoms with Crippen molar-refractivity contribution in [1.82, 2.24) is 9.97 Å². The molecule has 32 heavy (non-hydrogen) atoms. The number of halogens is 3. The summed E-state index contributed by atoms with van der Waals surface area (Å²) >= 11 is 0. The topological polar surface area (TPSA) is 101 Å². The number of anilines is 1. The Morgan fingerprint density at radius 3 is 2.62 bits per heavy atom. The molecule has 2 aromatic heterocycles. The zero-order valence-electron chi connectivity index (χ0n) is 16.3. The first kappa shape index (κ1) is 21.4. The number of nitrogens with zero attached hydrogens (tertiary/aromatic N) is 1. The van der Waals surface area contributed by atoms with Crippen LogP contribution < -0.4 is 9.46 Å². The van der Waals surface area contributed by atoms with Crippen LogP contribution in [0.4, 0.5) is 18.9 Å². The van der Waals surface area contributed by atoms with Crippen LogP contribution in [0.2, 0.25) is 0 Å². The van der Waals surface area contributed by atoms with Gasteiger partial charge in [-0.15, -0.1) is 0 Å². The van der Waals surface area contributed by atoms with Gasteiger partial charge in [0.25, 0.3) is 10.0 Å². The lowest BCUT2D eigenvalue weighted by Crippen LogP contribution is -2.16. The van der Waals surface area contributed by atoms with E-state index in [-0.39, 0.29) is 16.6 Å². The van der Waals surface area contributed by atoms with Crippen LogP contribution >= 0.6 is 0 Å². The minimum atomic E-state index is -4.41. The van der Waals surface area contributed by atoms with Gasteiger partial charge < -0.3 is 9.72 Å². The Hall–Kier alpha value is -3.86. The van der Waals surface area contributed by atoms with Crippen molar-refractivity contribution < 1.29 is 31.1 Å². The van der Waals surface area contributed by atoms with Gasteiger partial charge in [0.2, 0.25) is 5.78 Å². The van der Waals surface area contributed by atoms with E-state index in [1.807, 2.05) is 4.72 Å². The fourth-order valence-electron chi connectivity index (χ4n) is 3.10. The summed E-state index contributed by atoms with van der Waals surface area (Å²) < 4.78 is 75.0. The molecule has 11 heteroatoms. The summed E-state index contributed by atoms with van der Waals surface area (Å²) in [7, 11) is -3.01. The predicted molar refractivity (Wildman–Crippen MR) is 110 cm³/mol. The van der Waals surface area contributed by atoms with E-state index in [2.05, 4.69) is 9.97 Å². The summed E-state index contributed by atoms with van der Waals surface area (Å²) in [5, 5.41) is 0.263. The molecule has 0 radical (unpaired) electrons. The molecule has 0 spiro atoms. The third kappa shape index (κ3) is 3.78. The highest BCUT2D eigenvalue weighted by Gasteiger charge is 2.26. The number of fused-ring (bicyclic) bond motifs is 1. The molecule has 0 bridgehead atoms. The lowest BCUT2D eigenvalue weighted by molar-refractivity contribution is 0.103. The quantitative estimate of drug-likeness (QED) is 0.423. The highest BCUT2D eigenvalue weighted by molar-refractivity contribution is 7.92. The summed E-state index contributed by atoms with van der Waals surface area (Å²) in [5.41, 5.74) is -1.44. The Balaban J connectivity index is 1.77. The monoisotopic (exact) mass is 461 g/mol. The molecule has 0 unspecified atom stereocenters. The Kier molecular flexibility index (Phi) is 5.35. The van der Waals surface area contributed by atoms with E-state index in [0.717, 1.165) is 30.3 Å². The van der Waals surface area contributed by atoms with E-state index in [0.29, 0.717) is 5.75 Å². The number of methoxy groups -OCH3 is 1. The molecule has 0 amide bonds. The third-order valence-corrected chi connectivity index (χ3v) is 6.02. The van der Waals surface area contributed by atoms with Gasteiger partial charge >= 0.3 is 0 Å². The van der Waals surface area contributed by atoms with Crippen LogP contribution in [0.25, 0.3) is 11.0 Å². The maximum atomic E-state index is 15.1. The number of nitrogens with one attached hydrogen (secondary N) is 2. The number of sulfonamides is 1. The number of H-pyrrole nitrogens is 1. The average Bonchev–Trinajstić information content (AvgIpc) is 3.19. The van der Waals surface area contributed by atoms with Crippen LogP contribution in [0.3, 0.4) is 0 Å². The van der Waals surface area contributed by atoms with E-state index in [1.54, 1.807) is 0 Å². The third-order valence-electron chi connectivity index (χ3n) is 4.66. The highest BCUT2D eigenvalue weighted by atomic mass is 32.2. The Morgan fingerprint density at radius 1 is 1.12 bits per heavy atom. The van der Waals surface area contributed by atoms with Gasteiger partial charge in [-0.2, -0.15) is 0 Å². The van der Waals surface area contributed by atoms with Crippen LogP contribution in [0, 0.1) is 17.5 Å². The largest absolute Gasteiger partial charge is 0.495 e. The molecule has 7 nitrogen and oxygen atoms in total. The first-order valence-corrected chi connectivity index (χ1v) is 10.5. The number of carbonyl (C=O) groups is 1. The van der Waals surface area contributed by atoms with Gasteiger partial charge in [-0.25, -0.2) is 26.6 Å². The minimum Gasteiger partial charge on any atom is -0.495 e. The van der Waals surface area contributed by atoms with Crippen molar-refractivity contribution in [3.8, 4) is 5.75 Å². The molecule has 4 aromatic rings. The number of ketones is 1. The van der Waals surface area contributed by atoms with Crippen molar-refractivity contribution in [1.29, 1.82) is 0 Å². The van der Waals surface area contributed by atoms with Gasteiger partial charge in [0.1, 0.15) is 23.0 Å². The molecule has 2 heterocycles. The molecule has 2 N–H and O–H groups in total. The van der Waals surface area contributed by atoms with Crippen molar-refractivity contribution >= 4 is 32.5 Å². The van der Waals surface area contributed by atoms with Crippen molar-refractivity contribution in [2.45, 2.75) is 4.90 Å². The number of aromatic nitrogens is 2. The number of benzene rings is 2. The van der Waals surface area contributed by atoms with Gasteiger partial charge in [-0.05, 0) is 36.4 Å². The van der Waals surface area contributed by atoms with Crippen LogP contribution in [0.15, 0.2) is 59.8 Å². The Labute approximate surface area is 179 Å². The molecule has 164 valence electrons. The zero-order chi connectivity index (χ0) is 23.0. The Bertz CT molecular complexity index is 1470. The number of hydrogen-bond acceptors (Lipinski definition) is 5. The summed E-state index contributed by atoms with van der Waals surface area (Å²) in [5.74, 6) is -4.13. The number of carbonyl (C=O) groups excluding carboxylic acids is 1. The second kappa shape index (κ2) is 8.00. The van der Waals surface area contributed by atoms with Crippen molar-refractivity contribution in [2.24, 2.45) is 0 Å². The SMILES string of the molecule is COc1cnc2[nH]cc(C(=O)c3c(F)ccc(NS(=O)(=O)c4cccc(F)c4)c3F)c2c1. The molecular weight excluding hydrogens is 447 g/mol. The molecule has 0 atom stereocenters. The molecule has 2 aromatic carbocycles. The first-order valence-electron chi connectivity index (χ1n) is 9.03. The van der Waals surface area contributed by atoms with Gasteiger partial charge in [-0.1, -0.05) is 6.07 Å². The van der Waals surface area contributed by atoms with Crippen LogP contribution in [0.5, 0.6) is 5.75 Å². The Morgan fingerprint density at radius 2 is 1.91 bits per heavy atom. The van der Waals surface area contributed by atoms with Crippen LogP contribution in [-0.4, -0.2) is 31.3 Å². The zero-order valence-corrected chi connectivity index (χ0v) is 17.1. The van der Waals surface area contributed by atoms with Crippen molar-refractivity contribution in [3.05, 3.63) is 83.4 Å². The van der Waals surface area contributed by atoms with E-state index < -0.39 is 49.4 Å². The second-order valence-corrected chi connectivity index (χ2v) is 8.33. The lowest BCUT2D eigenvalue weighted by Gasteiger charge is -2.12. The average molecular weight is 461 g/mol. The normalized spacial score (nSPS) is 11.5. The van der Waals surface area contributed by atoms with Gasteiger partial charge in [0, 0.05) is 17.1 Å². The summed E-state index contributed by atoms with van der Waals surface area (Å²) in [6.45, 7) is 0. The maximum absolute atomic E-state index is 15.1. The molecule has 4 rings (SSSR count). The van der Waals surface area contributed by atoms with Gasteiger partial charge in [0.05, 0.1) is 29.5 Å². The van der Waals surface area contributed by atoms with Gasteiger partial charge in [-0.3, -0.25) is 9.52 Å². The predicted octanol–water partition coefficient (Wildman–Crippen LogP) is 4.02. The molecule has 0 saturated carbocycles. The molecule has 0 aliphatic rings. The van der Waals surface area contributed by atoms with Crippen molar-refractivity contribution in [2.75, 3.05) is 11.8 Å². The van der Waals surface area contributed by atoms with Crippen molar-refractivity contribution in [3.63, 3.8) is 0 Å². The summed E-state index contributed by atoms with van der Waals surface area (Å²) in [4.78, 5) is 19.3. The molecule has 0 fully saturated rings. The van der Waals surface area contributed by atoms with E-state index >= 15 is 4.39 Å². The minimum absolute atomic E-state index is 0.0886. The van der Waals surface area contributed by atoms with E-state index in [4.69, 9.17) is 4.74 Å². The number of pyridine rings is 1. The number of aromatic amines is 1. The summed E-state index contributed by atoms with van der Waals surface area (Å²) in [6, 6.07) is 7.11. The standard InChI is InChI=1S/C21H14F3N3O4S/c1-31-12-8-14-15(10-26-21(14)25-9-12)20(28)18-16(23)5-6-17(19(18)24)27-32(29,30)13-4-2-3-11(22)7-13/h2-10,27H,1H3,(H,25,26). The lowest BCUT2D eigenvalue weighted by atomic mass is 10.0. The smallest absolute Gasteiger partial charge is 0.262 e. The fourth-order valence-corrected chi connectivity index (χ4v) is 4.19. The van der Waals surface area contributed by atoms with Gasteiger partial charge in [0.15, 0.2) is 5.82 Å².